The number of hydrogen-bond donors (Lipinski definition) is 0. The van der Waals surface area contributed by atoms with E-state index in [1.807, 2.05) is 0 Å². The molecule has 2 saturated heterocycles. The van der Waals surface area contributed by atoms with E-state index in [1.54, 1.807) is 16.4 Å². The van der Waals surface area contributed by atoms with E-state index in [1.165, 1.54) is 25.0 Å². The van der Waals surface area contributed by atoms with Crippen LogP contribution in [0.15, 0.2) is 24.3 Å². The summed E-state index contributed by atoms with van der Waals surface area (Å²) in [4.78, 5) is 2.37. The molecule has 1 atom stereocenters. The summed E-state index contributed by atoms with van der Waals surface area (Å²) in [6, 6.07) is 5.84. The number of sulfonamides is 1. The first kappa shape index (κ1) is 15.9. The van der Waals surface area contributed by atoms with E-state index in [4.69, 9.17) is 0 Å². The first-order valence-corrected chi connectivity index (χ1v) is 9.62. The normalized spacial score (nSPS) is 24.1. The van der Waals surface area contributed by atoms with E-state index in [-0.39, 0.29) is 17.6 Å². The van der Waals surface area contributed by atoms with Crippen LogP contribution in [0.3, 0.4) is 0 Å². The molecule has 0 bridgehead atoms. The summed E-state index contributed by atoms with van der Waals surface area (Å²) in [7, 11) is -3.33. The van der Waals surface area contributed by atoms with Crippen molar-refractivity contribution < 1.29 is 12.8 Å². The Hall–Kier alpha value is -0.980. The lowest BCUT2D eigenvalue weighted by Gasteiger charge is -2.27. The highest BCUT2D eigenvalue weighted by molar-refractivity contribution is 7.88. The Labute approximate surface area is 132 Å². The van der Waals surface area contributed by atoms with E-state index in [2.05, 4.69) is 4.90 Å². The second kappa shape index (κ2) is 6.64. The zero-order valence-electron chi connectivity index (χ0n) is 12.7. The van der Waals surface area contributed by atoms with Gasteiger partial charge in [-0.15, -0.1) is 0 Å². The molecule has 0 amide bonds. The first-order chi connectivity index (χ1) is 10.5. The minimum Gasteiger partial charge on any atom is -0.302 e. The van der Waals surface area contributed by atoms with E-state index < -0.39 is 10.0 Å². The van der Waals surface area contributed by atoms with E-state index in [9.17, 15) is 12.8 Å². The van der Waals surface area contributed by atoms with Gasteiger partial charge in [-0.3, -0.25) is 0 Å². The van der Waals surface area contributed by atoms with Gasteiger partial charge in [-0.05, 0) is 56.5 Å². The molecule has 0 aromatic heterocycles. The van der Waals surface area contributed by atoms with Gasteiger partial charge in [-0.2, -0.15) is 4.31 Å². The SMILES string of the molecule is O=S(=O)(Cc1ccc(F)cc1)N1CCCC1CN1CCCC1. The van der Waals surface area contributed by atoms with Gasteiger partial charge in [0.15, 0.2) is 0 Å². The van der Waals surface area contributed by atoms with Crippen LogP contribution in [-0.4, -0.2) is 49.8 Å². The molecule has 3 rings (SSSR count). The highest BCUT2D eigenvalue weighted by Gasteiger charge is 2.35. The largest absolute Gasteiger partial charge is 0.302 e. The van der Waals surface area contributed by atoms with Crippen molar-refractivity contribution in [3.8, 4) is 0 Å². The number of halogens is 1. The molecule has 122 valence electrons. The molecule has 2 fully saturated rings. The molecular formula is C16H23FN2O2S. The minimum atomic E-state index is -3.33. The van der Waals surface area contributed by atoms with Crippen LogP contribution in [0.5, 0.6) is 0 Å². The fraction of sp³-hybridized carbons (Fsp3) is 0.625. The van der Waals surface area contributed by atoms with Crippen molar-refractivity contribution in [1.82, 2.24) is 9.21 Å². The quantitative estimate of drug-likeness (QED) is 0.833. The molecule has 4 nitrogen and oxygen atoms in total. The van der Waals surface area contributed by atoms with Gasteiger partial charge in [-0.1, -0.05) is 12.1 Å². The number of likely N-dealkylation sites (tertiary alicyclic amines) is 1. The van der Waals surface area contributed by atoms with Crippen molar-refractivity contribution in [2.75, 3.05) is 26.2 Å². The molecule has 1 aromatic rings. The molecule has 1 unspecified atom stereocenters. The molecule has 2 aliphatic heterocycles. The van der Waals surface area contributed by atoms with Crippen LogP contribution in [0.25, 0.3) is 0 Å². The fourth-order valence-corrected chi connectivity index (χ4v) is 5.31. The lowest BCUT2D eigenvalue weighted by atomic mass is 10.2. The van der Waals surface area contributed by atoms with Gasteiger partial charge in [-0.25, -0.2) is 12.8 Å². The van der Waals surface area contributed by atoms with E-state index in [0.717, 1.165) is 32.5 Å². The first-order valence-electron chi connectivity index (χ1n) is 8.01. The molecular weight excluding hydrogens is 303 g/mol. The smallest absolute Gasteiger partial charge is 0.218 e. The topological polar surface area (TPSA) is 40.6 Å². The Balaban J connectivity index is 1.68. The van der Waals surface area contributed by atoms with Gasteiger partial charge in [0.25, 0.3) is 0 Å². The summed E-state index contributed by atoms with van der Waals surface area (Å²) >= 11 is 0. The monoisotopic (exact) mass is 326 g/mol. The predicted molar refractivity (Wildman–Crippen MR) is 84.4 cm³/mol. The van der Waals surface area contributed by atoms with Crippen molar-refractivity contribution in [1.29, 1.82) is 0 Å². The Morgan fingerprint density at radius 1 is 1.05 bits per heavy atom. The number of nitrogens with zero attached hydrogens (tertiary/aromatic N) is 2. The van der Waals surface area contributed by atoms with Crippen LogP contribution in [0.4, 0.5) is 4.39 Å². The average molecular weight is 326 g/mol. The minimum absolute atomic E-state index is 0.0379. The summed E-state index contributed by atoms with van der Waals surface area (Å²) in [5.74, 6) is -0.377. The number of hydrogen-bond acceptors (Lipinski definition) is 3. The molecule has 6 heteroatoms. The molecule has 0 radical (unpaired) electrons. The summed E-state index contributed by atoms with van der Waals surface area (Å²) in [6.45, 7) is 3.63. The van der Waals surface area contributed by atoms with Gasteiger partial charge < -0.3 is 4.90 Å². The van der Waals surface area contributed by atoms with Crippen molar-refractivity contribution in [3.05, 3.63) is 35.6 Å². The molecule has 0 saturated carbocycles. The van der Waals surface area contributed by atoms with Gasteiger partial charge in [0, 0.05) is 19.1 Å². The van der Waals surface area contributed by atoms with Crippen molar-refractivity contribution >= 4 is 10.0 Å². The number of benzene rings is 1. The summed E-state index contributed by atoms with van der Waals surface area (Å²) in [5.41, 5.74) is 0.647. The van der Waals surface area contributed by atoms with Crippen LogP contribution in [0.1, 0.15) is 31.2 Å². The molecule has 0 aliphatic carbocycles. The third kappa shape index (κ3) is 3.67. The van der Waals surface area contributed by atoms with Crippen LogP contribution in [0.2, 0.25) is 0 Å². The van der Waals surface area contributed by atoms with Gasteiger partial charge >= 0.3 is 0 Å². The maximum atomic E-state index is 12.9. The molecule has 22 heavy (non-hydrogen) atoms. The maximum absolute atomic E-state index is 12.9. The number of rotatable bonds is 5. The predicted octanol–water partition coefficient (Wildman–Crippen LogP) is 2.22. The molecule has 0 N–H and O–H groups in total. The maximum Gasteiger partial charge on any atom is 0.218 e. The van der Waals surface area contributed by atoms with Gasteiger partial charge in [0.05, 0.1) is 5.75 Å². The van der Waals surface area contributed by atoms with Crippen LogP contribution in [-0.2, 0) is 15.8 Å². The third-order valence-corrected chi connectivity index (χ3v) is 6.50. The lowest BCUT2D eigenvalue weighted by Crippen LogP contribution is -2.42. The fourth-order valence-electron chi connectivity index (χ4n) is 3.50. The average Bonchev–Trinajstić information content (AvgIpc) is 3.13. The second-order valence-corrected chi connectivity index (χ2v) is 8.22. The van der Waals surface area contributed by atoms with Crippen molar-refractivity contribution in [2.24, 2.45) is 0 Å². The van der Waals surface area contributed by atoms with Crippen LogP contribution < -0.4 is 0 Å². The Morgan fingerprint density at radius 3 is 2.41 bits per heavy atom. The lowest BCUT2D eigenvalue weighted by molar-refractivity contribution is 0.257. The highest BCUT2D eigenvalue weighted by Crippen LogP contribution is 2.25. The van der Waals surface area contributed by atoms with E-state index >= 15 is 0 Å². The summed E-state index contributed by atoms with van der Waals surface area (Å²) in [6.07, 6.45) is 4.31. The van der Waals surface area contributed by atoms with Gasteiger partial charge in [0.1, 0.15) is 5.82 Å². The van der Waals surface area contributed by atoms with E-state index in [0.29, 0.717) is 12.1 Å². The highest BCUT2D eigenvalue weighted by atomic mass is 32.2. The summed E-state index contributed by atoms with van der Waals surface area (Å²) < 4.78 is 40.0. The molecule has 2 aliphatic rings. The van der Waals surface area contributed by atoms with Gasteiger partial charge in [0.2, 0.25) is 10.0 Å². The zero-order chi connectivity index (χ0) is 15.6. The van der Waals surface area contributed by atoms with Crippen molar-refractivity contribution in [2.45, 2.75) is 37.5 Å². The van der Waals surface area contributed by atoms with Crippen LogP contribution >= 0.6 is 0 Å². The Kier molecular flexibility index (Phi) is 4.80. The second-order valence-electron chi connectivity index (χ2n) is 6.30. The third-order valence-electron chi connectivity index (χ3n) is 4.61. The standard InChI is InChI=1S/C16H23FN2O2S/c17-15-7-5-14(6-8-15)13-22(20,21)19-11-3-4-16(19)12-18-9-1-2-10-18/h5-8,16H,1-4,9-13H2. The summed E-state index contributed by atoms with van der Waals surface area (Å²) in [5, 5.41) is 0. The Bertz CT molecular complexity index is 597. The zero-order valence-corrected chi connectivity index (χ0v) is 13.6. The van der Waals surface area contributed by atoms with Crippen LogP contribution in [0, 0.1) is 5.82 Å². The molecule has 2 heterocycles. The van der Waals surface area contributed by atoms with Crippen molar-refractivity contribution in [3.63, 3.8) is 0 Å². The Morgan fingerprint density at radius 2 is 1.73 bits per heavy atom. The molecule has 1 aromatic carbocycles. The molecule has 0 spiro atoms.